The molecule has 202 valence electrons. The van der Waals surface area contributed by atoms with E-state index in [-0.39, 0.29) is 24.3 Å². The second-order valence-corrected chi connectivity index (χ2v) is 6.79. The van der Waals surface area contributed by atoms with Gasteiger partial charge in [0, 0.05) is 5.56 Å². The lowest BCUT2D eigenvalue weighted by Crippen LogP contribution is -2.74. The molecule has 0 bridgehead atoms. The predicted octanol–water partition coefficient (Wildman–Crippen LogP) is 6.78. The molecular weight excluding hydrogens is 547 g/mol. The first-order chi connectivity index (χ1) is 15.1. The molecule has 19 heteroatoms. The van der Waals surface area contributed by atoms with Crippen molar-refractivity contribution < 1.29 is 84.5 Å². The number of benzene rings is 1. The summed E-state index contributed by atoms with van der Waals surface area (Å²) in [4.78, 5) is 10.5. The molecule has 0 unspecified atom stereocenters. The third kappa shape index (κ3) is 4.23. The molecule has 0 aliphatic rings. The number of carboxylic acids is 1. The van der Waals surface area contributed by atoms with Crippen LogP contribution < -0.4 is 0 Å². The summed E-state index contributed by atoms with van der Waals surface area (Å²) in [6.07, 6.45) is -8.79. The summed E-state index contributed by atoms with van der Waals surface area (Å²) in [6.45, 7) is 0. The van der Waals surface area contributed by atoms with Crippen LogP contribution in [0.1, 0.15) is 11.1 Å². The van der Waals surface area contributed by atoms with E-state index in [1.165, 1.54) is 0 Å². The second-order valence-electron chi connectivity index (χ2n) is 6.79. The van der Waals surface area contributed by atoms with E-state index in [4.69, 9.17) is 5.11 Å². The van der Waals surface area contributed by atoms with Crippen LogP contribution in [0.5, 0.6) is 0 Å². The summed E-state index contributed by atoms with van der Waals surface area (Å²) >= 11 is 0. The van der Waals surface area contributed by atoms with E-state index in [2.05, 4.69) is 0 Å². The lowest BCUT2D eigenvalue weighted by molar-refractivity contribution is -0.462. The SMILES string of the molecule is O=C(O)Cc1ccc(C(F)(F)C(F)(F)C(F)(F)C(F)(F)C(F)(F)C(F)(F)C(F)(F)C(F)(F)F)cc1. The molecule has 1 aromatic rings. The Labute approximate surface area is 181 Å². The quantitative estimate of drug-likeness (QED) is 0.342. The molecule has 0 saturated carbocycles. The van der Waals surface area contributed by atoms with E-state index in [1.807, 2.05) is 0 Å². The Morgan fingerprint density at radius 1 is 0.543 bits per heavy atom. The fraction of sp³-hybridized carbons (Fsp3) is 0.562. The number of carboxylic acid groups (broad SMARTS) is 1. The van der Waals surface area contributed by atoms with Gasteiger partial charge >= 0.3 is 53.6 Å². The first-order valence-corrected chi connectivity index (χ1v) is 8.17. The van der Waals surface area contributed by atoms with Crippen LogP contribution in [-0.4, -0.2) is 52.8 Å². The minimum absolute atomic E-state index is 0.246. The summed E-state index contributed by atoms with van der Waals surface area (Å²) < 4.78 is 225. The van der Waals surface area contributed by atoms with Crippen molar-refractivity contribution in [2.45, 2.75) is 54.1 Å². The van der Waals surface area contributed by atoms with Gasteiger partial charge in [-0.15, -0.1) is 0 Å². The Kier molecular flexibility index (Phi) is 7.22. The first-order valence-electron chi connectivity index (χ1n) is 8.17. The van der Waals surface area contributed by atoms with Crippen molar-refractivity contribution in [1.29, 1.82) is 0 Å². The summed E-state index contributed by atoms with van der Waals surface area (Å²) in [7, 11) is 0. The molecule has 0 aliphatic heterocycles. The summed E-state index contributed by atoms with van der Waals surface area (Å²) in [5.41, 5.74) is -2.87. The van der Waals surface area contributed by atoms with Crippen LogP contribution in [0.15, 0.2) is 24.3 Å². The van der Waals surface area contributed by atoms with Gasteiger partial charge in [0.2, 0.25) is 0 Å². The topological polar surface area (TPSA) is 37.3 Å². The lowest BCUT2D eigenvalue weighted by Gasteiger charge is -2.42. The average Bonchev–Trinajstić information content (AvgIpc) is 2.66. The van der Waals surface area contributed by atoms with Crippen molar-refractivity contribution >= 4 is 5.97 Å². The summed E-state index contributed by atoms with van der Waals surface area (Å²) in [5, 5.41) is 8.46. The van der Waals surface area contributed by atoms with E-state index in [0.29, 0.717) is 0 Å². The van der Waals surface area contributed by atoms with Crippen molar-refractivity contribution in [3.8, 4) is 0 Å². The Bertz CT molecular complexity index is 930. The third-order valence-corrected chi connectivity index (χ3v) is 4.39. The van der Waals surface area contributed by atoms with Crippen molar-refractivity contribution in [1.82, 2.24) is 0 Å². The summed E-state index contributed by atoms with van der Waals surface area (Å²) in [6, 6.07) is -0.0529. The van der Waals surface area contributed by atoms with E-state index in [1.54, 1.807) is 0 Å². The van der Waals surface area contributed by atoms with Crippen LogP contribution in [0.2, 0.25) is 0 Å². The summed E-state index contributed by atoms with van der Waals surface area (Å²) in [5.74, 6) is -58.6. The zero-order valence-electron chi connectivity index (χ0n) is 15.8. The molecule has 0 saturated heterocycles. The number of rotatable bonds is 9. The van der Waals surface area contributed by atoms with E-state index < -0.39 is 71.2 Å². The van der Waals surface area contributed by atoms with Crippen molar-refractivity contribution in [2.24, 2.45) is 0 Å². The van der Waals surface area contributed by atoms with Gasteiger partial charge in [-0.1, -0.05) is 24.3 Å². The van der Waals surface area contributed by atoms with Gasteiger partial charge in [-0.05, 0) is 5.56 Å². The van der Waals surface area contributed by atoms with Crippen LogP contribution in [0.4, 0.5) is 74.6 Å². The second kappa shape index (κ2) is 8.28. The van der Waals surface area contributed by atoms with Crippen LogP contribution in [0.3, 0.4) is 0 Å². The molecular formula is C16H7F17O2. The maximum absolute atomic E-state index is 14.0. The molecule has 0 atom stereocenters. The van der Waals surface area contributed by atoms with Gasteiger partial charge in [-0.25, -0.2) is 0 Å². The van der Waals surface area contributed by atoms with Crippen molar-refractivity contribution in [3.63, 3.8) is 0 Å². The Hall–Kier alpha value is -2.50. The number of aliphatic carboxylic acids is 1. The van der Waals surface area contributed by atoms with Crippen LogP contribution >= 0.6 is 0 Å². The van der Waals surface area contributed by atoms with Gasteiger partial charge in [0.1, 0.15) is 0 Å². The average molecular weight is 554 g/mol. The molecule has 0 fully saturated rings. The predicted molar refractivity (Wildman–Crippen MR) is 77.4 cm³/mol. The monoisotopic (exact) mass is 554 g/mol. The number of hydrogen-bond donors (Lipinski definition) is 1. The van der Waals surface area contributed by atoms with Gasteiger partial charge in [-0.3, -0.25) is 4.79 Å². The number of halogens is 17. The van der Waals surface area contributed by atoms with E-state index in [0.717, 1.165) is 0 Å². The molecule has 0 amide bonds. The standard InChI is InChI=1S/C16H7F17O2/c17-9(18,7-3-1-6(2-4-7)5-8(34)35)10(19,20)11(21,22)12(23,24)13(25,26)14(27,28)15(29,30)16(31,32)33/h1-4H,5H2,(H,34,35). The highest BCUT2D eigenvalue weighted by Crippen LogP contribution is 2.65. The van der Waals surface area contributed by atoms with Gasteiger partial charge in [-0.2, -0.15) is 74.6 Å². The number of hydrogen-bond acceptors (Lipinski definition) is 1. The molecule has 35 heavy (non-hydrogen) atoms. The molecule has 0 aromatic heterocycles. The Morgan fingerprint density at radius 3 is 1.17 bits per heavy atom. The van der Waals surface area contributed by atoms with Crippen LogP contribution in [0, 0.1) is 0 Å². The maximum Gasteiger partial charge on any atom is 0.460 e. The first kappa shape index (κ1) is 30.5. The number of alkyl halides is 17. The molecule has 0 radical (unpaired) electrons. The van der Waals surface area contributed by atoms with Crippen molar-refractivity contribution in [2.75, 3.05) is 0 Å². The number of carbonyl (C=O) groups is 1. The Morgan fingerprint density at radius 2 is 0.857 bits per heavy atom. The molecule has 0 heterocycles. The van der Waals surface area contributed by atoms with E-state index in [9.17, 15) is 79.4 Å². The smallest absolute Gasteiger partial charge is 0.460 e. The molecule has 1 rings (SSSR count). The van der Waals surface area contributed by atoms with Crippen LogP contribution in [-0.2, 0) is 17.1 Å². The van der Waals surface area contributed by atoms with E-state index >= 15 is 0 Å². The highest BCUT2D eigenvalue weighted by molar-refractivity contribution is 5.70. The van der Waals surface area contributed by atoms with Gasteiger partial charge < -0.3 is 5.11 Å². The fourth-order valence-electron chi connectivity index (χ4n) is 2.35. The highest BCUT2D eigenvalue weighted by Gasteiger charge is 2.95. The normalized spacial score (nSPS) is 15.3. The maximum atomic E-state index is 14.0. The minimum Gasteiger partial charge on any atom is -0.481 e. The molecule has 1 aromatic carbocycles. The molecule has 0 spiro atoms. The molecule has 1 N–H and O–H groups in total. The lowest BCUT2D eigenvalue weighted by atomic mass is 9.87. The van der Waals surface area contributed by atoms with Gasteiger partial charge in [0.25, 0.3) is 0 Å². The molecule has 2 nitrogen and oxygen atoms in total. The highest BCUT2D eigenvalue weighted by atomic mass is 19.4. The van der Waals surface area contributed by atoms with Gasteiger partial charge in [0.05, 0.1) is 6.42 Å². The zero-order chi connectivity index (χ0) is 28.3. The van der Waals surface area contributed by atoms with Gasteiger partial charge in [0.15, 0.2) is 0 Å². The zero-order valence-corrected chi connectivity index (χ0v) is 15.8. The van der Waals surface area contributed by atoms with Crippen LogP contribution in [0.25, 0.3) is 0 Å². The van der Waals surface area contributed by atoms with Crippen molar-refractivity contribution in [3.05, 3.63) is 35.4 Å². The fourth-order valence-corrected chi connectivity index (χ4v) is 2.35. The Balaban J connectivity index is 3.64. The third-order valence-electron chi connectivity index (χ3n) is 4.39. The minimum atomic E-state index is -8.69. The largest absolute Gasteiger partial charge is 0.481 e. The molecule has 0 aliphatic carbocycles.